The molecule has 0 aromatic carbocycles. The van der Waals surface area contributed by atoms with Gasteiger partial charge in [0, 0.05) is 0 Å². The van der Waals surface area contributed by atoms with Crippen molar-refractivity contribution in [2.24, 2.45) is 0 Å². The summed E-state index contributed by atoms with van der Waals surface area (Å²) in [5.74, 6) is -1.07. The third kappa shape index (κ3) is 3.27. The molecular formula is C9H5F5N2O2. The Morgan fingerprint density at radius 3 is 2.44 bits per heavy atom. The maximum Gasteiger partial charge on any atom is 0.573 e. The fourth-order valence-electron chi connectivity index (χ4n) is 1.14. The first kappa shape index (κ1) is 14.1. The molecule has 0 fully saturated rings. The van der Waals surface area contributed by atoms with Crippen molar-refractivity contribution in [2.75, 3.05) is 0 Å². The second-order valence-corrected chi connectivity index (χ2v) is 2.99. The summed E-state index contributed by atoms with van der Waals surface area (Å²) in [6, 6.07) is 1.76. The number of aromatic nitrogens is 1. The number of nitriles is 1. The monoisotopic (exact) mass is 268 g/mol. The van der Waals surface area contributed by atoms with E-state index in [1.807, 2.05) is 0 Å². The van der Waals surface area contributed by atoms with Gasteiger partial charge in [0.2, 0.25) is 0 Å². The summed E-state index contributed by atoms with van der Waals surface area (Å²) in [6.07, 6.45) is -8.20. The van der Waals surface area contributed by atoms with E-state index >= 15 is 0 Å². The Bertz CT molecular complexity index is 481. The molecule has 1 rings (SSSR count). The van der Waals surface area contributed by atoms with Crippen LogP contribution < -0.4 is 4.74 Å². The number of aliphatic hydroxyl groups excluding tert-OH is 1. The quantitative estimate of drug-likeness (QED) is 0.854. The lowest BCUT2D eigenvalue weighted by Gasteiger charge is -2.14. The van der Waals surface area contributed by atoms with Gasteiger partial charge in [-0.25, -0.2) is 13.8 Å². The molecule has 1 aromatic heterocycles. The second-order valence-electron chi connectivity index (χ2n) is 2.99. The highest BCUT2D eigenvalue weighted by atomic mass is 19.4. The lowest BCUT2D eigenvalue weighted by atomic mass is 10.2. The van der Waals surface area contributed by atoms with E-state index in [2.05, 4.69) is 9.72 Å². The lowest BCUT2D eigenvalue weighted by Crippen LogP contribution is -2.20. The number of nitrogens with zero attached hydrogens (tertiary/aromatic N) is 2. The summed E-state index contributed by atoms with van der Waals surface area (Å²) >= 11 is 0. The van der Waals surface area contributed by atoms with Gasteiger partial charge in [-0.2, -0.15) is 5.26 Å². The van der Waals surface area contributed by atoms with Gasteiger partial charge in [-0.1, -0.05) is 0 Å². The first-order valence-corrected chi connectivity index (χ1v) is 4.37. The Hall–Kier alpha value is -1.95. The van der Waals surface area contributed by atoms with Gasteiger partial charge in [0.1, 0.15) is 17.5 Å². The lowest BCUT2D eigenvalue weighted by molar-refractivity contribution is -0.275. The predicted molar refractivity (Wildman–Crippen MR) is 46.5 cm³/mol. The van der Waals surface area contributed by atoms with Crippen LogP contribution in [0, 0.1) is 11.3 Å². The number of rotatable bonds is 3. The summed E-state index contributed by atoms with van der Waals surface area (Å²) in [4.78, 5) is 3.11. The van der Waals surface area contributed by atoms with Crippen LogP contribution in [0.3, 0.4) is 0 Å². The molecule has 1 N–H and O–H groups in total. The van der Waals surface area contributed by atoms with E-state index in [0.717, 1.165) is 0 Å². The van der Waals surface area contributed by atoms with Gasteiger partial charge in [-0.15, -0.1) is 13.2 Å². The molecule has 1 heterocycles. The Labute approximate surface area is 97.2 Å². The zero-order valence-electron chi connectivity index (χ0n) is 8.50. The number of ether oxygens (including phenoxy) is 1. The molecule has 0 aliphatic heterocycles. The van der Waals surface area contributed by atoms with Gasteiger partial charge in [-0.05, 0) is 6.07 Å². The molecule has 0 saturated carbocycles. The van der Waals surface area contributed by atoms with Gasteiger partial charge < -0.3 is 9.84 Å². The van der Waals surface area contributed by atoms with Crippen LogP contribution in [-0.2, 0) is 6.61 Å². The zero-order chi connectivity index (χ0) is 13.9. The minimum absolute atomic E-state index is 0.477. The minimum Gasteiger partial charge on any atom is -0.402 e. The second kappa shape index (κ2) is 5.14. The van der Waals surface area contributed by atoms with E-state index in [1.54, 1.807) is 0 Å². The van der Waals surface area contributed by atoms with Gasteiger partial charge in [0.05, 0.1) is 12.2 Å². The fraction of sp³-hybridized carbons (Fsp3) is 0.333. The SMILES string of the molecule is N#Cc1cc(C(F)F)nc(CO)c1OC(F)(F)F. The van der Waals surface area contributed by atoms with Gasteiger partial charge in [0.15, 0.2) is 5.75 Å². The Morgan fingerprint density at radius 1 is 1.44 bits per heavy atom. The average Bonchev–Trinajstić information content (AvgIpc) is 2.26. The Morgan fingerprint density at radius 2 is 2.06 bits per heavy atom. The molecule has 0 aliphatic rings. The van der Waals surface area contributed by atoms with Gasteiger partial charge in [-0.3, -0.25) is 0 Å². The predicted octanol–water partition coefficient (Wildman–Crippen LogP) is 2.28. The van der Waals surface area contributed by atoms with Gasteiger partial charge >= 0.3 is 6.36 Å². The molecule has 18 heavy (non-hydrogen) atoms. The normalized spacial score (nSPS) is 11.4. The fourth-order valence-corrected chi connectivity index (χ4v) is 1.14. The smallest absolute Gasteiger partial charge is 0.402 e. The van der Waals surface area contributed by atoms with Crippen molar-refractivity contribution in [3.8, 4) is 11.8 Å². The highest BCUT2D eigenvalue weighted by Crippen LogP contribution is 2.31. The summed E-state index contributed by atoms with van der Waals surface area (Å²) in [5.41, 5.74) is -2.46. The van der Waals surface area contributed by atoms with Crippen LogP contribution in [0.25, 0.3) is 0 Å². The highest BCUT2D eigenvalue weighted by molar-refractivity contribution is 5.47. The average molecular weight is 268 g/mol. The maximum absolute atomic E-state index is 12.4. The number of hydrogen-bond donors (Lipinski definition) is 1. The number of pyridine rings is 1. The van der Waals surface area contributed by atoms with E-state index in [4.69, 9.17) is 10.4 Å². The summed E-state index contributed by atoms with van der Waals surface area (Å²) in [5, 5.41) is 17.4. The summed E-state index contributed by atoms with van der Waals surface area (Å²) < 4.78 is 64.3. The molecule has 0 atom stereocenters. The largest absolute Gasteiger partial charge is 0.573 e. The maximum atomic E-state index is 12.4. The van der Waals surface area contributed by atoms with Crippen LogP contribution in [0.5, 0.6) is 5.75 Å². The Kier molecular flexibility index (Phi) is 4.03. The summed E-state index contributed by atoms with van der Waals surface area (Å²) in [6.45, 7) is -1.07. The minimum atomic E-state index is -5.12. The molecule has 0 unspecified atom stereocenters. The molecule has 0 aliphatic carbocycles. The molecule has 0 bridgehead atoms. The van der Waals surface area contributed by atoms with Crippen molar-refractivity contribution < 1.29 is 31.8 Å². The number of aliphatic hydroxyl groups is 1. The third-order valence-electron chi connectivity index (χ3n) is 1.77. The van der Waals surface area contributed by atoms with Crippen molar-refractivity contribution in [2.45, 2.75) is 19.4 Å². The third-order valence-corrected chi connectivity index (χ3v) is 1.77. The zero-order valence-corrected chi connectivity index (χ0v) is 8.50. The standard InChI is InChI=1S/C9H5F5N2O2/c10-8(11)5-1-4(2-15)7(6(3-17)16-5)18-9(12,13)14/h1,8,17H,3H2. The van der Waals surface area contributed by atoms with E-state index in [-0.39, 0.29) is 0 Å². The van der Waals surface area contributed by atoms with Crippen LogP contribution in [0.15, 0.2) is 6.07 Å². The molecule has 4 nitrogen and oxygen atoms in total. The summed E-state index contributed by atoms with van der Waals surface area (Å²) in [7, 11) is 0. The number of hydrogen-bond acceptors (Lipinski definition) is 4. The van der Waals surface area contributed by atoms with Crippen molar-refractivity contribution in [1.29, 1.82) is 5.26 Å². The van der Waals surface area contributed by atoms with Crippen molar-refractivity contribution in [3.63, 3.8) is 0 Å². The van der Waals surface area contributed by atoms with Crippen LogP contribution in [-0.4, -0.2) is 16.5 Å². The molecule has 0 saturated heterocycles. The number of halogens is 5. The molecule has 0 spiro atoms. The van der Waals surface area contributed by atoms with E-state index in [1.165, 1.54) is 6.07 Å². The van der Waals surface area contributed by atoms with Crippen LogP contribution >= 0.6 is 0 Å². The molecule has 1 aromatic rings. The Balaban J connectivity index is 3.36. The van der Waals surface area contributed by atoms with Crippen LogP contribution in [0.2, 0.25) is 0 Å². The van der Waals surface area contributed by atoms with E-state index in [0.29, 0.717) is 6.07 Å². The topological polar surface area (TPSA) is 66.1 Å². The molecule has 0 amide bonds. The van der Waals surface area contributed by atoms with E-state index < -0.39 is 42.1 Å². The molecule has 98 valence electrons. The van der Waals surface area contributed by atoms with Crippen molar-refractivity contribution >= 4 is 0 Å². The molecule has 0 radical (unpaired) electrons. The van der Waals surface area contributed by atoms with Crippen molar-refractivity contribution in [1.82, 2.24) is 4.98 Å². The van der Waals surface area contributed by atoms with Crippen LogP contribution in [0.1, 0.15) is 23.4 Å². The van der Waals surface area contributed by atoms with Crippen LogP contribution in [0.4, 0.5) is 22.0 Å². The number of alkyl halides is 5. The highest BCUT2D eigenvalue weighted by Gasteiger charge is 2.34. The molecule has 9 heteroatoms. The van der Waals surface area contributed by atoms with Crippen molar-refractivity contribution in [3.05, 3.63) is 23.0 Å². The van der Waals surface area contributed by atoms with E-state index in [9.17, 15) is 22.0 Å². The van der Waals surface area contributed by atoms with Gasteiger partial charge in [0.25, 0.3) is 6.43 Å². The first-order chi connectivity index (χ1) is 8.28. The first-order valence-electron chi connectivity index (χ1n) is 4.37. The molecular weight excluding hydrogens is 263 g/mol.